The first-order valence-electron chi connectivity index (χ1n) is 16.5. The van der Waals surface area contributed by atoms with E-state index in [1.165, 1.54) is 141 Å². The highest BCUT2D eigenvalue weighted by Gasteiger charge is 2.16. The number of carbonyl (C=O) groups excluding carboxylic acids is 1. The lowest BCUT2D eigenvalue weighted by molar-refractivity contribution is -0.147. The molecule has 3 heteroatoms. The van der Waals surface area contributed by atoms with Crippen LogP contribution in [0.4, 0.5) is 0 Å². The second-order valence-corrected chi connectivity index (χ2v) is 11.5. The molecule has 0 bridgehead atoms. The van der Waals surface area contributed by atoms with Gasteiger partial charge in [0.1, 0.15) is 6.61 Å². The zero-order chi connectivity index (χ0) is 26.5. The molecule has 0 aromatic heterocycles. The van der Waals surface area contributed by atoms with Crippen LogP contribution >= 0.6 is 0 Å². The van der Waals surface area contributed by atoms with Gasteiger partial charge in [0.25, 0.3) is 0 Å². The van der Waals surface area contributed by atoms with Crippen LogP contribution in [0.3, 0.4) is 0 Å². The number of ether oxygens (including phenoxy) is 1. The van der Waals surface area contributed by atoms with Crippen molar-refractivity contribution in [1.29, 1.82) is 0 Å². The van der Waals surface area contributed by atoms with Gasteiger partial charge >= 0.3 is 5.97 Å². The van der Waals surface area contributed by atoms with Crippen LogP contribution in [0.1, 0.15) is 188 Å². The Balaban J connectivity index is 3.97. The molecule has 0 aliphatic heterocycles. The third-order valence-corrected chi connectivity index (χ3v) is 7.80. The van der Waals surface area contributed by atoms with Gasteiger partial charge in [0.15, 0.2) is 0 Å². The number of hydrogen-bond donors (Lipinski definition) is 1. The summed E-state index contributed by atoms with van der Waals surface area (Å²) in [5.41, 5.74) is 0. The zero-order valence-electron chi connectivity index (χ0n) is 25.0. The summed E-state index contributed by atoms with van der Waals surface area (Å²) in [6, 6.07) is 0. The van der Waals surface area contributed by atoms with Gasteiger partial charge in [-0.05, 0) is 25.2 Å². The van der Waals surface area contributed by atoms with Crippen molar-refractivity contribution in [2.75, 3.05) is 6.61 Å². The highest BCUT2D eigenvalue weighted by molar-refractivity contribution is 5.69. The largest absolute Gasteiger partial charge is 0.463 e. The van der Waals surface area contributed by atoms with Crippen LogP contribution in [0.15, 0.2) is 0 Å². The van der Waals surface area contributed by atoms with Crippen molar-refractivity contribution < 1.29 is 14.6 Å². The van der Waals surface area contributed by atoms with Crippen molar-refractivity contribution in [1.82, 2.24) is 0 Å². The highest BCUT2D eigenvalue weighted by Crippen LogP contribution is 2.23. The summed E-state index contributed by atoms with van der Waals surface area (Å²) >= 11 is 0. The number of aliphatic hydroxyl groups excluding tert-OH is 1. The lowest BCUT2D eigenvalue weighted by atomic mass is 9.91. The maximum Gasteiger partial charge on any atom is 0.306 e. The molecule has 0 radical (unpaired) electrons. The maximum absolute atomic E-state index is 12.3. The minimum atomic E-state index is -0.522. The Labute approximate surface area is 226 Å². The summed E-state index contributed by atoms with van der Waals surface area (Å²) in [4.78, 5) is 12.3. The Morgan fingerprint density at radius 3 is 1.22 bits per heavy atom. The summed E-state index contributed by atoms with van der Waals surface area (Å²) in [6.45, 7) is 6.63. The van der Waals surface area contributed by atoms with Crippen molar-refractivity contribution in [3.8, 4) is 0 Å². The topological polar surface area (TPSA) is 46.5 Å². The first kappa shape index (κ1) is 35.4. The smallest absolute Gasteiger partial charge is 0.306 e. The fourth-order valence-electron chi connectivity index (χ4n) is 5.14. The molecule has 3 nitrogen and oxygen atoms in total. The van der Waals surface area contributed by atoms with E-state index in [1.807, 2.05) is 6.92 Å². The van der Waals surface area contributed by atoms with Crippen LogP contribution < -0.4 is 0 Å². The van der Waals surface area contributed by atoms with E-state index in [9.17, 15) is 9.90 Å². The van der Waals surface area contributed by atoms with Crippen LogP contribution in [-0.4, -0.2) is 23.8 Å². The minimum absolute atomic E-state index is 0.112. The lowest BCUT2D eigenvalue weighted by Gasteiger charge is -2.17. The summed E-state index contributed by atoms with van der Waals surface area (Å²) in [7, 11) is 0. The van der Waals surface area contributed by atoms with E-state index in [4.69, 9.17) is 4.74 Å². The second-order valence-electron chi connectivity index (χ2n) is 11.5. The number of esters is 1. The van der Waals surface area contributed by atoms with E-state index in [0.29, 0.717) is 18.8 Å². The molecule has 0 rings (SSSR count). The first-order valence-corrected chi connectivity index (χ1v) is 16.5. The maximum atomic E-state index is 12.3. The first-order chi connectivity index (χ1) is 17.6. The van der Waals surface area contributed by atoms with Crippen molar-refractivity contribution in [2.24, 2.45) is 5.92 Å². The summed E-state index contributed by atoms with van der Waals surface area (Å²) in [5.74, 6) is 0.340. The SMILES string of the molecule is CCCCCCCCCCCCCCC(CCCCCCCCCCCC)CC(=O)OCC(O)CC. The summed E-state index contributed by atoms with van der Waals surface area (Å²) < 4.78 is 5.35. The van der Waals surface area contributed by atoms with E-state index in [0.717, 1.165) is 12.8 Å². The second kappa shape index (κ2) is 29.0. The van der Waals surface area contributed by atoms with Gasteiger partial charge in [-0.1, -0.05) is 162 Å². The molecule has 0 saturated heterocycles. The number of unbranched alkanes of at least 4 members (excludes halogenated alkanes) is 20. The molecule has 2 unspecified atom stereocenters. The lowest BCUT2D eigenvalue weighted by Crippen LogP contribution is -2.19. The molecule has 0 aliphatic rings. The predicted molar refractivity (Wildman–Crippen MR) is 158 cm³/mol. The average Bonchev–Trinajstić information content (AvgIpc) is 2.88. The third-order valence-electron chi connectivity index (χ3n) is 7.80. The molecule has 0 spiro atoms. The Hall–Kier alpha value is -0.570. The van der Waals surface area contributed by atoms with Crippen LogP contribution in [0.5, 0.6) is 0 Å². The fraction of sp³-hybridized carbons (Fsp3) is 0.970. The molecule has 0 saturated carbocycles. The third kappa shape index (κ3) is 26.5. The molecule has 2 atom stereocenters. The molecule has 1 N–H and O–H groups in total. The average molecular weight is 511 g/mol. The molecule has 36 heavy (non-hydrogen) atoms. The predicted octanol–water partition coefficient (Wildman–Crippen LogP) is 10.7. The van der Waals surface area contributed by atoms with Crippen LogP contribution in [-0.2, 0) is 9.53 Å². The highest BCUT2D eigenvalue weighted by atomic mass is 16.5. The minimum Gasteiger partial charge on any atom is -0.463 e. The van der Waals surface area contributed by atoms with Gasteiger partial charge in [-0.15, -0.1) is 0 Å². The van der Waals surface area contributed by atoms with Crippen LogP contribution in [0.25, 0.3) is 0 Å². The number of rotatable bonds is 29. The van der Waals surface area contributed by atoms with Crippen molar-refractivity contribution >= 4 is 5.97 Å². The van der Waals surface area contributed by atoms with Gasteiger partial charge in [0, 0.05) is 6.42 Å². The molecule has 0 aromatic carbocycles. The molecule has 216 valence electrons. The molecular formula is C33H66O3. The van der Waals surface area contributed by atoms with Crippen molar-refractivity contribution in [3.63, 3.8) is 0 Å². The summed E-state index contributed by atoms with van der Waals surface area (Å²) in [6.07, 6.45) is 33.0. The van der Waals surface area contributed by atoms with Gasteiger partial charge < -0.3 is 9.84 Å². The van der Waals surface area contributed by atoms with E-state index >= 15 is 0 Å². The van der Waals surface area contributed by atoms with Crippen LogP contribution in [0.2, 0.25) is 0 Å². The van der Waals surface area contributed by atoms with E-state index in [-0.39, 0.29) is 12.6 Å². The Bertz CT molecular complexity index is 437. The molecular weight excluding hydrogens is 444 g/mol. The van der Waals surface area contributed by atoms with E-state index in [2.05, 4.69) is 13.8 Å². The van der Waals surface area contributed by atoms with Gasteiger partial charge in [-0.25, -0.2) is 0 Å². The fourth-order valence-corrected chi connectivity index (χ4v) is 5.14. The Morgan fingerprint density at radius 2 is 0.889 bits per heavy atom. The van der Waals surface area contributed by atoms with Gasteiger partial charge in [0.05, 0.1) is 6.10 Å². The van der Waals surface area contributed by atoms with Crippen molar-refractivity contribution in [2.45, 2.75) is 194 Å². The normalized spacial score (nSPS) is 13.1. The Morgan fingerprint density at radius 1 is 0.556 bits per heavy atom. The van der Waals surface area contributed by atoms with E-state index < -0.39 is 6.10 Å². The van der Waals surface area contributed by atoms with Crippen LogP contribution in [0, 0.1) is 5.92 Å². The quantitative estimate of drug-likeness (QED) is 0.0803. The molecule has 0 aromatic rings. The van der Waals surface area contributed by atoms with Gasteiger partial charge in [-0.2, -0.15) is 0 Å². The zero-order valence-corrected chi connectivity index (χ0v) is 25.0. The van der Waals surface area contributed by atoms with Crippen molar-refractivity contribution in [3.05, 3.63) is 0 Å². The standard InChI is InChI=1S/C33H66O3/c1-4-7-9-11-13-15-17-18-20-22-24-26-28-31(29-33(35)36-30-32(34)6-3)27-25-23-21-19-16-14-12-10-8-5-2/h31-32,34H,4-30H2,1-3H3. The molecule has 0 amide bonds. The number of carbonyl (C=O) groups is 1. The number of hydrogen-bond acceptors (Lipinski definition) is 3. The van der Waals surface area contributed by atoms with E-state index in [1.54, 1.807) is 0 Å². The molecule has 0 heterocycles. The van der Waals surface area contributed by atoms with Gasteiger partial charge in [-0.3, -0.25) is 4.79 Å². The van der Waals surface area contributed by atoms with Gasteiger partial charge in [0.2, 0.25) is 0 Å². The monoisotopic (exact) mass is 511 g/mol. The molecule has 0 aliphatic carbocycles. The Kier molecular flexibility index (Phi) is 28.5. The number of aliphatic hydroxyl groups is 1. The molecule has 0 fully saturated rings. The summed E-state index contributed by atoms with van der Waals surface area (Å²) in [5, 5.41) is 9.69.